The maximum absolute atomic E-state index is 13.6. The number of nitrogens with zero attached hydrogens (tertiary/aromatic N) is 1. The predicted molar refractivity (Wildman–Crippen MR) is 75.8 cm³/mol. The van der Waals surface area contributed by atoms with Gasteiger partial charge < -0.3 is 10.2 Å². The molecule has 6 heteroatoms. The fourth-order valence-electron chi connectivity index (χ4n) is 1.82. The number of carbonyl (C=O) groups is 2. The molecule has 0 spiro atoms. The van der Waals surface area contributed by atoms with Gasteiger partial charge in [0, 0.05) is 12.1 Å². The topological polar surface area (TPSA) is 49.4 Å². The molecule has 0 aromatic heterocycles. The summed E-state index contributed by atoms with van der Waals surface area (Å²) in [5, 5.41) is 2.70. The van der Waals surface area contributed by atoms with Crippen molar-refractivity contribution in [3.8, 4) is 0 Å². The van der Waals surface area contributed by atoms with Crippen LogP contribution >= 0.6 is 0 Å². The van der Waals surface area contributed by atoms with E-state index in [0.717, 1.165) is 17.0 Å². The van der Waals surface area contributed by atoms with Crippen molar-refractivity contribution < 1.29 is 18.4 Å². The highest BCUT2D eigenvalue weighted by Gasteiger charge is 2.24. The number of rotatable bonds is 4. The largest absolute Gasteiger partial charge is 0.350 e. The minimum atomic E-state index is -0.935. The van der Waals surface area contributed by atoms with E-state index in [1.54, 1.807) is 27.7 Å². The summed E-state index contributed by atoms with van der Waals surface area (Å²) in [4.78, 5) is 25.1. The summed E-state index contributed by atoms with van der Waals surface area (Å²) < 4.78 is 27.2. The number of nitrogens with one attached hydrogen (secondary N) is 1. The van der Waals surface area contributed by atoms with E-state index in [0.29, 0.717) is 0 Å². The van der Waals surface area contributed by atoms with E-state index in [1.165, 1.54) is 6.07 Å². The Morgan fingerprint density at radius 2 is 1.71 bits per heavy atom. The number of carbonyl (C=O) groups excluding carboxylic acids is 2. The Bertz CT molecular complexity index is 519. The number of hydrogen-bond donors (Lipinski definition) is 1. The van der Waals surface area contributed by atoms with Crippen molar-refractivity contribution in [1.82, 2.24) is 10.2 Å². The monoisotopic (exact) mass is 298 g/mol. The first kappa shape index (κ1) is 17.1. The molecule has 0 radical (unpaired) electrons. The van der Waals surface area contributed by atoms with E-state index >= 15 is 0 Å². The Kier molecular flexibility index (Phi) is 5.41. The van der Waals surface area contributed by atoms with Crippen LogP contribution in [0.3, 0.4) is 0 Å². The lowest BCUT2D eigenvalue weighted by atomic mass is 10.1. The molecule has 0 saturated carbocycles. The third-order valence-electron chi connectivity index (χ3n) is 2.69. The first-order chi connectivity index (χ1) is 9.65. The molecule has 0 aliphatic carbocycles. The molecule has 1 rings (SSSR count). The van der Waals surface area contributed by atoms with Gasteiger partial charge in [0.2, 0.25) is 5.91 Å². The van der Waals surface area contributed by atoms with Gasteiger partial charge in [0.05, 0.1) is 6.54 Å². The molecule has 0 aliphatic heterocycles. The summed E-state index contributed by atoms with van der Waals surface area (Å²) >= 11 is 0. The van der Waals surface area contributed by atoms with Crippen LogP contribution < -0.4 is 5.32 Å². The molecule has 2 amide bonds. The number of benzene rings is 1. The molecule has 0 heterocycles. The summed E-state index contributed by atoms with van der Waals surface area (Å²) in [5.41, 5.74) is -1.08. The van der Waals surface area contributed by atoms with Gasteiger partial charge in [-0.3, -0.25) is 9.59 Å². The molecule has 1 aromatic carbocycles. The maximum atomic E-state index is 13.6. The molecule has 0 fully saturated rings. The maximum Gasteiger partial charge on any atom is 0.260 e. The second-order valence-electron chi connectivity index (χ2n) is 5.71. The predicted octanol–water partition coefficient (Wildman–Crippen LogP) is 2.34. The van der Waals surface area contributed by atoms with E-state index in [-0.39, 0.29) is 19.0 Å². The molecule has 0 atom stereocenters. The molecule has 0 bridgehead atoms. The first-order valence-electron chi connectivity index (χ1n) is 6.70. The second-order valence-corrected chi connectivity index (χ2v) is 5.71. The quantitative estimate of drug-likeness (QED) is 0.927. The zero-order valence-electron chi connectivity index (χ0n) is 12.7. The van der Waals surface area contributed by atoms with Crippen molar-refractivity contribution >= 4 is 11.8 Å². The zero-order valence-corrected chi connectivity index (χ0v) is 12.7. The van der Waals surface area contributed by atoms with Crippen molar-refractivity contribution in [2.24, 2.45) is 0 Å². The molecule has 116 valence electrons. The Morgan fingerprint density at radius 3 is 2.14 bits per heavy atom. The first-order valence-corrected chi connectivity index (χ1v) is 6.70. The third kappa shape index (κ3) is 4.81. The number of halogens is 2. The summed E-state index contributed by atoms with van der Waals surface area (Å²) in [6, 6.07) is 3.21. The van der Waals surface area contributed by atoms with Gasteiger partial charge in [0.25, 0.3) is 5.91 Å². The van der Waals surface area contributed by atoms with Crippen molar-refractivity contribution in [1.29, 1.82) is 0 Å². The smallest absolute Gasteiger partial charge is 0.260 e. The standard InChI is InChI=1S/C15H20F2N2O2/c1-5-19(9-12(20)18-15(2,3)4)14(21)13-10(16)7-6-8-11(13)17/h6-8H,5,9H2,1-4H3,(H,18,20). The molecular formula is C15H20F2N2O2. The molecule has 0 saturated heterocycles. The Balaban J connectivity index is 2.90. The van der Waals surface area contributed by atoms with Gasteiger partial charge in [-0.1, -0.05) is 6.07 Å². The van der Waals surface area contributed by atoms with Crippen LogP contribution in [0.1, 0.15) is 38.1 Å². The molecule has 0 aliphatic rings. The average Bonchev–Trinajstić information content (AvgIpc) is 2.33. The van der Waals surface area contributed by atoms with Gasteiger partial charge in [-0.05, 0) is 39.8 Å². The number of likely N-dealkylation sites (N-methyl/N-ethyl adjacent to an activating group) is 1. The second kappa shape index (κ2) is 6.65. The van der Waals surface area contributed by atoms with Crippen LogP contribution in [0.4, 0.5) is 8.78 Å². The van der Waals surface area contributed by atoms with Crippen LogP contribution in [0.15, 0.2) is 18.2 Å². The van der Waals surface area contributed by atoms with Crippen LogP contribution in [0, 0.1) is 11.6 Å². The minimum absolute atomic E-state index is 0.171. The average molecular weight is 298 g/mol. The summed E-state index contributed by atoms with van der Waals surface area (Å²) in [7, 11) is 0. The summed E-state index contributed by atoms with van der Waals surface area (Å²) in [5.74, 6) is -3.09. The van der Waals surface area contributed by atoms with Gasteiger partial charge in [0.1, 0.15) is 17.2 Å². The van der Waals surface area contributed by atoms with Crippen molar-refractivity contribution in [2.45, 2.75) is 33.2 Å². The van der Waals surface area contributed by atoms with Crippen LogP contribution in [0.25, 0.3) is 0 Å². The number of amides is 2. The van der Waals surface area contributed by atoms with E-state index in [4.69, 9.17) is 0 Å². The van der Waals surface area contributed by atoms with E-state index in [9.17, 15) is 18.4 Å². The van der Waals surface area contributed by atoms with Crippen molar-refractivity contribution in [3.63, 3.8) is 0 Å². The normalized spacial score (nSPS) is 11.1. The lowest BCUT2D eigenvalue weighted by Gasteiger charge is -2.25. The van der Waals surface area contributed by atoms with E-state index in [2.05, 4.69) is 5.32 Å². The molecule has 1 N–H and O–H groups in total. The van der Waals surface area contributed by atoms with Crippen LogP contribution in [-0.2, 0) is 4.79 Å². The van der Waals surface area contributed by atoms with Crippen molar-refractivity contribution in [3.05, 3.63) is 35.4 Å². The van der Waals surface area contributed by atoms with Gasteiger partial charge in [-0.2, -0.15) is 0 Å². The highest BCUT2D eigenvalue weighted by Crippen LogP contribution is 2.14. The fraction of sp³-hybridized carbons (Fsp3) is 0.467. The lowest BCUT2D eigenvalue weighted by molar-refractivity contribution is -0.123. The Labute approximate surface area is 123 Å². The summed E-state index contributed by atoms with van der Waals surface area (Å²) in [6.45, 7) is 6.98. The summed E-state index contributed by atoms with van der Waals surface area (Å²) in [6.07, 6.45) is 0. The van der Waals surface area contributed by atoms with Gasteiger partial charge >= 0.3 is 0 Å². The van der Waals surface area contributed by atoms with Gasteiger partial charge in [-0.25, -0.2) is 8.78 Å². The van der Waals surface area contributed by atoms with E-state index < -0.39 is 28.6 Å². The lowest BCUT2D eigenvalue weighted by Crippen LogP contribution is -2.47. The minimum Gasteiger partial charge on any atom is -0.350 e. The molecule has 1 aromatic rings. The highest BCUT2D eigenvalue weighted by molar-refractivity contribution is 5.97. The van der Waals surface area contributed by atoms with Crippen LogP contribution in [0.2, 0.25) is 0 Å². The van der Waals surface area contributed by atoms with Crippen LogP contribution in [-0.4, -0.2) is 35.3 Å². The Morgan fingerprint density at radius 1 is 1.19 bits per heavy atom. The Hall–Kier alpha value is -1.98. The van der Waals surface area contributed by atoms with Gasteiger partial charge in [0.15, 0.2) is 0 Å². The fourth-order valence-corrected chi connectivity index (χ4v) is 1.82. The molecule has 4 nitrogen and oxygen atoms in total. The van der Waals surface area contributed by atoms with Crippen LogP contribution in [0.5, 0.6) is 0 Å². The SMILES string of the molecule is CCN(CC(=O)NC(C)(C)C)C(=O)c1c(F)cccc1F. The van der Waals surface area contributed by atoms with Gasteiger partial charge in [-0.15, -0.1) is 0 Å². The molecular weight excluding hydrogens is 278 g/mol. The number of hydrogen-bond acceptors (Lipinski definition) is 2. The molecule has 21 heavy (non-hydrogen) atoms. The third-order valence-corrected chi connectivity index (χ3v) is 2.69. The molecule has 0 unspecified atom stereocenters. The zero-order chi connectivity index (χ0) is 16.2. The highest BCUT2D eigenvalue weighted by atomic mass is 19.1. The van der Waals surface area contributed by atoms with Crippen molar-refractivity contribution in [2.75, 3.05) is 13.1 Å². The van der Waals surface area contributed by atoms with E-state index in [1.807, 2.05) is 0 Å².